The maximum atomic E-state index is 13.2. The first-order valence-corrected chi connectivity index (χ1v) is 10.2. The lowest BCUT2D eigenvalue weighted by atomic mass is 10.3. The van der Waals surface area contributed by atoms with Gasteiger partial charge in [-0.15, -0.1) is 11.3 Å². The minimum Gasteiger partial charge on any atom is -0.486 e. The fraction of sp³-hybridized carbons (Fsp3) is 0.235. The number of nitrogens with zero attached hydrogens (tertiary/aromatic N) is 2. The molecule has 2 aromatic heterocycles. The summed E-state index contributed by atoms with van der Waals surface area (Å²) in [6, 6.07) is 8.23. The summed E-state index contributed by atoms with van der Waals surface area (Å²) < 4.78 is 43.0. The third-order valence-electron chi connectivity index (χ3n) is 3.80. The highest BCUT2D eigenvalue weighted by Crippen LogP contribution is 2.38. The Morgan fingerprint density at radius 2 is 1.88 bits per heavy atom. The first kappa shape index (κ1) is 16.9. The van der Waals surface area contributed by atoms with Crippen molar-refractivity contribution in [3.63, 3.8) is 0 Å². The molecular weight excluding hydrogens is 376 g/mol. The number of fused-ring (bicyclic) bond motifs is 1. The maximum absolute atomic E-state index is 13.2. The van der Waals surface area contributed by atoms with Crippen LogP contribution in [-0.2, 0) is 9.84 Å². The quantitative estimate of drug-likeness (QED) is 0.675. The van der Waals surface area contributed by atoms with Crippen LogP contribution >= 0.6 is 11.3 Å². The van der Waals surface area contributed by atoms with Crippen LogP contribution in [0.2, 0.25) is 0 Å². The maximum Gasteiger partial charge on any atom is 0.240 e. The zero-order valence-corrected chi connectivity index (χ0v) is 15.8. The van der Waals surface area contributed by atoms with Gasteiger partial charge < -0.3 is 18.8 Å². The summed E-state index contributed by atoms with van der Waals surface area (Å²) in [5.41, 5.74) is 0. The molecule has 0 fully saturated rings. The third-order valence-corrected chi connectivity index (χ3v) is 6.30. The molecule has 26 heavy (non-hydrogen) atoms. The molecule has 9 heteroatoms. The van der Waals surface area contributed by atoms with E-state index in [1.54, 1.807) is 25.1 Å². The zero-order chi connectivity index (χ0) is 18.3. The fourth-order valence-corrected chi connectivity index (χ4v) is 4.60. The molecule has 0 saturated carbocycles. The van der Waals surface area contributed by atoms with Crippen molar-refractivity contribution in [2.24, 2.45) is 0 Å². The van der Waals surface area contributed by atoms with Gasteiger partial charge in [0.05, 0.1) is 9.77 Å². The molecule has 0 radical (unpaired) electrons. The van der Waals surface area contributed by atoms with E-state index in [-0.39, 0.29) is 21.7 Å². The monoisotopic (exact) mass is 392 g/mol. The summed E-state index contributed by atoms with van der Waals surface area (Å²) in [5.74, 6) is 1.40. The van der Waals surface area contributed by atoms with Crippen molar-refractivity contribution in [1.82, 2.24) is 4.98 Å². The first-order chi connectivity index (χ1) is 12.5. The van der Waals surface area contributed by atoms with E-state index in [0.29, 0.717) is 24.7 Å². The molecule has 4 rings (SSSR count). The molecule has 0 saturated heterocycles. The van der Waals surface area contributed by atoms with Gasteiger partial charge in [-0.1, -0.05) is 6.07 Å². The summed E-state index contributed by atoms with van der Waals surface area (Å²) in [6.45, 7) is 0.823. The number of rotatable bonds is 4. The van der Waals surface area contributed by atoms with E-state index in [9.17, 15) is 8.42 Å². The Kier molecular flexibility index (Phi) is 4.12. The highest BCUT2D eigenvalue weighted by Gasteiger charge is 2.31. The molecule has 0 unspecified atom stereocenters. The van der Waals surface area contributed by atoms with E-state index in [4.69, 9.17) is 13.9 Å². The minimum atomic E-state index is -3.90. The largest absolute Gasteiger partial charge is 0.486 e. The fourth-order valence-electron chi connectivity index (χ4n) is 2.56. The Hall–Kier alpha value is -2.52. The zero-order valence-electron chi connectivity index (χ0n) is 14.1. The number of oxazole rings is 1. The molecule has 3 heterocycles. The molecule has 0 N–H and O–H groups in total. The van der Waals surface area contributed by atoms with Crippen molar-refractivity contribution in [3.05, 3.63) is 35.7 Å². The van der Waals surface area contributed by atoms with E-state index >= 15 is 0 Å². The van der Waals surface area contributed by atoms with Gasteiger partial charge in [0.1, 0.15) is 13.2 Å². The van der Waals surface area contributed by atoms with E-state index in [1.807, 2.05) is 17.5 Å². The minimum absolute atomic E-state index is 0.0795. The van der Waals surface area contributed by atoms with Crippen LogP contribution in [0.25, 0.3) is 10.8 Å². The van der Waals surface area contributed by atoms with Gasteiger partial charge in [-0.2, -0.15) is 4.98 Å². The Morgan fingerprint density at radius 1 is 1.12 bits per heavy atom. The predicted octanol–water partition coefficient (Wildman–Crippen LogP) is 3.07. The number of thiophene rings is 1. The van der Waals surface area contributed by atoms with Gasteiger partial charge in [-0.25, -0.2) is 8.42 Å². The van der Waals surface area contributed by atoms with Crippen molar-refractivity contribution >= 4 is 27.1 Å². The number of anilines is 1. The summed E-state index contributed by atoms with van der Waals surface area (Å²) in [4.78, 5) is 6.71. The van der Waals surface area contributed by atoms with E-state index in [1.165, 1.54) is 23.5 Å². The SMILES string of the molecule is CN(C)c1oc(-c2cccs2)nc1S(=O)(=O)c1ccc2c(c1)OCCO2. The van der Waals surface area contributed by atoms with E-state index < -0.39 is 9.84 Å². The molecule has 0 bridgehead atoms. The van der Waals surface area contributed by atoms with Gasteiger partial charge in [-0.05, 0) is 23.6 Å². The van der Waals surface area contributed by atoms with Crippen LogP contribution in [0.15, 0.2) is 50.1 Å². The summed E-state index contributed by atoms with van der Waals surface area (Å²) >= 11 is 1.43. The molecular formula is C17H16N2O5S2. The Balaban J connectivity index is 1.83. The highest BCUT2D eigenvalue weighted by atomic mass is 32.2. The van der Waals surface area contributed by atoms with Crippen LogP contribution in [0.4, 0.5) is 5.88 Å². The summed E-state index contributed by atoms with van der Waals surface area (Å²) in [6.07, 6.45) is 0. The van der Waals surface area contributed by atoms with Gasteiger partial charge in [0.15, 0.2) is 11.5 Å². The normalized spacial score (nSPS) is 13.6. The van der Waals surface area contributed by atoms with Crippen LogP contribution in [0, 0.1) is 0 Å². The first-order valence-electron chi connectivity index (χ1n) is 7.83. The standard InChI is InChI=1S/C17H16N2O5S2/c1-19(2)17-16(18-15(24-17)14-4-3-9-25-14)26(20,21)11-5-6-12-13(10-11)23-8-7-22-12/h3-6,9-10H,7-8H2,1-2H3. The van der Waals surface area contributed by atoms with Crippen LogP contribution in [0.5, 0.6) is 11.5 Å². The van der Waals surface area contributed by atoms with Gasteiger partial charge in [0.2, 0.25) is 26.6 Å². The molecule has 1 aliphatic rings. The third kappa shape index (κ3) is 2.82. The van der Waals surface area contributed by atoms with Crippen molar-refractivity contribution in [3.8, 4) is 22.3 Å². The topological polar surface area (TPSA) is 81.9 Å². The van der Waals surface area contributed by atoms with Gasteiger partial charge in [0.25, 0.3) is 0 Å². The molecule has 0 spiro atoms. The lowest BCUT2D eigenvalue weighted by Gasteiger charge is -2.18. The average Bonchev–Trinajstić information content (AvgIpc) is 3.30. The van der Waals surface area contributed by atoms with E-state index in [2.05, 4.69) is 4.98 Å². The average molecular weight is 392 g/mol. The molecule has 136 valence electrons. The van der Waals surface area contributed by atoms with Crippen LogP contribution < -0.4 is 14.4 Å². The van der Waals surface area contributed by atoms with Crippen molar-refractivity contribution in [1.29, 1.82) is 0 Å². The lowest BCUT2D eigenvalue weighted by Crippen LogP contribution is -2.16. The second-order valence-corrected chi connectivity index (χ2v) is 8.62. The molecule has 0 aliphatic carbocycles. The van der Waals surface area contributed by atoms with Crippen molar-refractivity contribution in [2.45, 2.75) is 9.92 Å². The molecule has 0 amide bonds. The Labute approximate surface area is 154 Å². The molecule has 0 atom stereocenters. The summed E-state index contributed by atoms with van der Waals surface area (Å²) in [5, 5.41) is 1.76. The van der Waals surface area contributed by atoms with Crippen LogP contribution in [0.3, 0.4) is 0 Å². The number of hydrogen-bond acceptors (Lipinski definition) is 8. The number of hydrogen-bond donors (Lipinski definition) is 0. The van der Waals surface area contributed by atoms with Gasteiger partial charge in [0, 0.05) is 20.2 Å². The predicted molar refractivity (Wildman–Crippen MR) is 97.0 cm³/mol. The van der Waals surface area contributed by atoms with Gasteiger partial charge in [-0.3, -0.25) is 0 Å². The summed E-state index contributed by atoms with van der Waals surface area (Å²) in [7, 11) is -0.476. The number of benzene rings is 1. The van der Waals surface area contributed by atoms with Crippen molar-refractivity contribution in [2.75, 3.05) is 32.2 Å². The second kappa shape index (κ2) is 6.33. The highest BCUT2D eigenvalue weighted by molar-refractivity contribution is 7.91. The van der Waals surface area contributed by atoms with Crippen molar-refractivity contribution < 1.29 is 22.3 Å². The van der Waals surface area contributed by atoms with Gasteiger partial charge >= 0.3 is 0 Å². The van der Waals surface area contributed by atoms with E-state index in [0.717, 1.165) is 4.88 Å². The lowest BCUT2D eigenvalue weighted by molar-refractivity contribution is 0.171. The molecule has 1 aromatic carbocycles. The number of sulfone groups is 1. The molecule has 3 aromatic rings. The Bertz CT molecular complexity index is 1040. The van der Waals surface area contributed by atoms with Crippen LogP contribution in [-0.4, -0.2) is 40.7 Å². The smallest absolute Gasteiger partial charge is 0.240 e. The Morgan fingerprint density at radius 3 is 2.58 bits per heavy atom. The molecule has 1 aliphatic heterocycles. The second-order valence-electron chi connectivity index (χ2n) is 5.81. The van der Waals surface area contributed by atoms with Crippen LogP contribution in [0.1, 0.15) is 0 Å². The number of ether oxygens (including phenoxy) is 2. The number of aromatic nitrogens is 1. The molecule has 7 nitrogen and oxygen atoms in total.